The second kappa shape index (κ2) is 15.1. The molecule has 0 radical (unpaired) electrons. The first kappa shape index (κ1) is 34.3. The van der Waals surface area contributed by atoms with E-state index >= 15 is 0 Å². The first-order chi connectivity index (χ1) is 22.0. The van der Waals surface area contributed by atoms with Gasteiger partial charge in [0.15, 0.2) is 17.5 Å². The zero-order chi connectivity index (χ0) is 33.5. The molecule has 15 heteroatoms. The molecule has 3 heterocycles. The number of rotatable bonds is 6. The summed E-state index contributed by atoms with van der Waals surface area (Å²) in [6.07, 6.45) is 2.97. The average molecular weight is 660 g/mol. The van der Waals surface area contributed by atoms with Crippen LogP contribution in [0.15, 0.2) is 36.5 Å². The number of amides is 3. The lowest BCUT2D eigenvalue weighted by Gasteiger charge is -2.37. The van der Waals surface area contributed by atoms with Crippen molar-refractivity contribution < 1.29 is 33.1 Å². The molecule has 3 N–H and O–H groups in total. The second-order valence-corrected chi connectivity index (χ2v) is 11.5. The van der Waals surface area contributed by atoms with Crippen LogP contribution in [0.25, 0.3) is 11.3 Å². The van der Waals surface area contributed by atoms with E-state index in [4.69, 9.17) is 21.5 Å². The van der Waals surface area contributed by atoms with Gasteiger partial charge in [-0.25, -0.2) is 13.8 Å². The summed E-state index contributed by atoms with van der Waals surface area (Å²) in [6.45, 7) is 3.21. The molecule has 0 atom stereocenters. The Balaban J connectivity index is 0.00000154. The standard InChI is InChI=1S/C30H34ClF2N7O3.CH2O2/c1-37(2)23-7-6-21(25(32)26(23)33)24-17-35-27(38(24)3)28(41)36-19-4-5-20(22(31)16-19)30(43)40-14-12-39(13-15-40)29(42)18-8-10-34-11-9-18;2-1-3/h4-7,16-18,34H,8-15H2,1-3H3,(H,36,41);1H,(H,2,3). The Morgan fingerprint density at radius 2 is 1.67 bits per heavy atom. The first-order valence-electron chi connectivity index (χ1n) is 14.6. The average Bonchev–Trinajstić information content (AvgIpc) is 3.43. The minimum absolute atomic E-state index is 0.0281. The summed E-state index contributed by atoms with van der Waals surface area (Å²) >= 11 is 6.47. The highest BCUT2D eigenvalue weighted by Gasteiger charge is 2.30. The Labute approximate surface area is 269 Å². The molecule has 46 heavy (non-hydrogen) atoms. The van der Waals surface area contributed by atoms with Crippen LogP contribution in [0.3, 0.4) is 0 Å². The number of carbonyl (C=O) groups is 4. The van der Waals surface area contributed by atoms with Crippen LogP contribution in [-0.2, 0) is 16.6 Å². The SMILES string of the molecule is CN(C)c1ccc(-c2cnc(C(=O)Nc3ccc(C(=O)N4CCN(C(=O)C5CCNCC5)CC4)c(Cl)c3)n2C)c(F)c1F.O=CO. The lowest BCUT2D eigenvalue weighted by molar-refractivity contribution is -0.137. The smallest absolute Gasteiger partial charge is 0.291 e. The minimum atomic E-state index is -1.04. The third-order valence-corrected chi connectivity index (χ3v) is 8.35. The van der Waals surface area contributed by atoms with E-state index in [1.54, 1.807) is 31.1 Å². The molecule has 3 amide bonds. The predicted octanol–water partition coefficient (Wildman–Crippen LogP) is 3.32. The van der Waals surface area contributed by atoms with Crippen LogP contribution in [0.4, 0.5) is 20.2 Å². The minimum Gasteiger partial charge on any atom is -0.483 e. The van der Waals surface area contributed by atoms with E-state index in [0.29, 0.717) is 31.9 Å². The van der Waals surface area contributed by atoms with Crippen molar-refractivity contribution in [2.24, 2.45) is 13.0 Å². The summed E-state index contributed by atoms with van der Waals surface area (Å²) in [6, 6.07) is 7.48. The van der Waals surface area contributed by atoms with Gasteiger partial charge in [-0.15, -0.1) is 0 Å². The normalized spacial score (nSPS) is 15.1. The summed E-state index contributed by atoms with van der Waals surface area (Å²) < 4.78 is 30.8. The van der Waals surface area contributed by atoms with Crippen LogP contribution < -0.4 is 15.5 Å². The van der Waals surface area contributed by atoms with E-state index in [1.807, 2.05) is 4.90 Å². The Bertz CT molecular complexity index is 1600. The van der Waals surface area contributed by atoms with Crippen molar-refractivity contribution in [3.63, 3.8) is 0 Å². The highest BCUT2D eigenvalue weighted by atomic mass is 35.5. The molecule has 2 aromatic carbocycles. The maximum absolute atomic E-state index is 14.9. The van der Waals surface area contributed by atoms with Gasteiger partial charge in [0.25, 0.3) is 18.3 Å². The molecule has 2 aliphatic rings. The molecule has 0 unspecified atom stereocenters. The van der Waals surface area contributed by atoms with Crippen molar-refractivity contribution in [3.8, 4) is 11.3 Å². The molecule has 2 aliphatic heterocycles. The predicted molar refractivity (Wildman–Crippen MR) is 169 cm³/mol. The number of nitrogens with zero attached hydrogens (tertiary/aromatic N) is 5. The van der Waals surface area contributed by atoms with Gasteiger partial charge in [0.2, 0.25) is 5.91 Å². The lowest BCUT2D eigenvalue weighted by atomic mass is 9.96. The number of aromatic nitrogens is 2. The number of halogens is 3. The number of hydrogen-bond acceptors (Lipinski definition) is 7. The number of anilines is 2. The number of benzene rings is 2. The number of nitrogens with one attached hydrogen (secondary N) is 2. The monoisotopic (exact) mass is 659 g/mol. The number of piperidine rings is 1. The summed E-state index contributed by atoms with van der Waals surface area (Å²) in [5.41, 5.74) is 0.921. The van der Waals surface area contributed by atoms with Gasteiger partial charge in [-0.2, -0.15) is 0 Å². The molecule has 0 spiro atoms. The molecule has 5 rings (SSSR count). The van der Waals surface area contributed by atoms with E-state index in [-0.39, 0.29) is 57.6 Å². The Hall–Kier alpha value is -4.56. The highest BCUT2D eigenvalue weighted by molar-refractivity contribution is 6.34. The van der Waals surface area contributed by atoms with E-state index in [0.717, 1.165) is 25.9 Å². The summed E-state index contributed by atoms with van der Waals surface area (Å²) in [7, 11) is 4.75. The van der Waals surface area contributed by atoms with E-state index in [2.05, 4.69) is 15.6 Å². The number of imidazole rings is 1. The molecular weight excluding hydrogens is 624 g/mol. The van der Waals surface area contributed by atoms with Gasteiger partial charge in [0.1, 0.15) is 0 Å². The van der Waals surface area contributed by atoms with Gasteiger partial charge in [0, 0.05) is 64.5 Å². The van der Waals surface area contributed by atoms with Crippen LogP contribution in [0, 0.1) is 17.6 Å². The number of carboxylic acid groups (broad SMARTS) is 1. The van der Waals surface area contributed by atoms with Gasteiger partial charge in [0.05, 0.1) is 28.2 Å². The number of piperazine rings is 1. The van der Waals surface area contributed by atoms with Crippen LogP contribution >= 0.6 is 11.6 Å². The van der Waals surface area contributed by atoms with Gasteiger partial charge in [-0.3, -0.25) is 19.2 Å². The molecular formula is C31H36ClF2N7O5. The number of hydrogen-bond donors (Lipinski definition) is 3. The third-order valence-electron chi connectivity index (χ3n) is 8.04. The van der Waals surface area contributed by atoms with Crippen molar-refractivity contribution in [3.05, 3.63) is 64.6 Å². The quantitative estimate of drug-likeness (QED) is 0.343. The Morgan fingerprint density at radius 1 is 1.04 bits per heavy atom. The fourth-order valence-electron chi connectivity index (χ4n) is 5.53. The fourth-order valence-corrected chi connectivity index (χ4v) is 5.80. The maximum atomic E-state index is 14.9. The second-order valence-electron chi connectivity index (χ2n) is 11.1. The molecule has 2 saturated heterocycles. The molecule has 2 fully saturated rings. The van der Waals surface area contributed by atoms with Crippen LogP contribution in [0.2, 0.25) is 5.02 Å². The van der Waals surface area contributed by atoms with E-state index < -0.39 is 17.5 Å². The fraction of sp³-hybridized carbons (Fsp3) is 0.387. The zero-order valence-corrected chi connectivity index (χ0v) is 26.5. The first-order valence-corrected chi connectivity index (χ1v) is 15.0. The van der Waals surface area contributed by atoms with Crippen molar-refractivity contribution >= 4 is 47.2 Å². The zero-order valence-electron chi connectivity index (χ0n) is 25.7. The van der Waals surface area contributed by atoms with Crippen molar-refractivity contribution in [2.75, 3.05) is 63.6 Å². The molecule has 246 valence electrons. The van der Waals surface area contributed by atoms with Gasteiger partial charge < -0.3 is 35.0 Å². The van der Waals surface area contributed by atoms with E-state index in [9.17, 15) is 23.2 Å². The molecule has 0 aliphatic carbocycles. The Morgan fingerprint density at radius 3 is 2.28 bits per heavy atom. The van der Waals surface area contributed by atoms with Crippen LogP contribution in [-0.4, -0.2) is 102 Å². The summed E-state index contributed by atoms with van der Waals surface area (Å²) in [5.74, 6) is -2.71. The van der Waals surface area contributed by atoms with Crippen LogP contribution in [0.1, 0.15) is 33.8 Å². The van der Waals surface area contributed by atoms with Crippen LogP contribution in [0.5, 0.6) is 0 Å². The van der Waals surface area contributed by atoms with Gasteiger partial charge in [-0.05, 0) is 56.3 Å². The van der Waals surface area contributed by atoms with Crippen molar-refractivity contribution in [2.45, 2.75) is 12.8 Å². The Kier molecular flexibility index (Phi) is 11.3. The molecule has 1 aromatic heterocycles. The highest BCUT2D eigenvalue weighted by Crippen LogP contribution is 2.30. The third kappa shape index (κ3) is 7.45. The molecule has 3 aromatic rings. The van der Waals surface area contributed by atoms with Crippen molar-refractivity contribution in [1.82, 2.24) is 24.7 Å². The molecule has 0 bridgehead atoms. The largest absolute Gasteiger partial charge is 0.483 e. The number of carbonyl (C=O) groups excluding carboxylic acids is 3. The maximum Gasteiger partial charge on any atom is 0.291 e. The van der Waals surface area contributed by atoms with Gasteiger partial charge >= 0.3 is 0 Å². The van der Waals surface area contributed by atoms with Gasteiger partial charge in [-0.1, -0.05) is 11.6 Å². The summed E-state index contributed by atoms with van der Waals surface area (Å²) in [4.78, 5) is 56.5. The summed E-state index contributed by atoms with van der Waals surface area (Å²) in [5, 5.41) is 13.0. The van der Waals surface area contributed by atoms with E-state index in [1.165, 1.54) is 40.9 Å². The lowest BCUT2D eigenvalue weighted by Crippen LogP contribution is -2.52. The molecule has 12 nitrogen and oxygen atoms in total. The molecule has 0 saturated carbocycles. The topological polar surface area (TPSA) is 140 Å². The van der Waals surface area contributed by atoms with Crippen molar-refractivity contribution in [1.29, 1.82) is 0 Å².